The Labute approximate surface area is 221 Å². The van der Waals surface area contributed by atoms with Gasteiger partial charge in [0.25, 0.3) is 0 Å². The minimum absolute atomic E-state index is 0.670. The summed E-state index contributed by atoms with van der Waals surface area (Å²) in [5.74, 6) is 0. The van der Waals surface area contributed by atoms with Gasteiger partial charge in [-0.15, -0.1) is 20.5 Å². The molecule has 2 radical (unpaired) electrons. The van der Waals surface area contributed by atoms with Crippen LogP contribution in [0.5, 0.6) is 0 Å². The van der Waals surface area contributed by atoms with Crippen molar-refractivity contribution in [2.24, 2.45) is 0 Å². The Kier molecular flexibility index (Phi) is 7.14. The van der Waals surface area contributed by atoms with Gasteiger partial charge < -0.3 is 20.5 Å². The van der Waals surface area contributed by atoms with Gasteiger partial charge in [-0.1, -0.05) is 45.9 Å². The van der Waals surface area contributed by atoms with Crippen LogP contribution in [-0.2, 0) is 10.4 Å². The van der Waals surface area contributed by atoms with E-state index < -0.39 is 34.5 Å². The third kappa shape index (κ3) is 4.12. The van der Waals surface area contributed by atoms with Crippen LogP contribution in [0.25, 0.3) is 0 Å². The highest BCUT2D eigenvalue weighted by molar-refractivity contribution is 8.76. The highest BCUT2D eigenvalue weighted by Gasteiger charge is 2.56. The largest absolute Gasteiger partial charge is 0.783 e. The van der Waals surface area contributed by atoms with Crippen LogP contribution < -0.4 is 0 Å². The number of hydroxylamine groups is 8. The number of hydrogen-bond donors (Lipinski definition) is 0. The van der Waals surface area contributed by atoms with E-state index in [4.69, 9.17) is 0 Å². The molecule has 0 atom stereocenters. The Morgan fingerprint density at radius 1 is 0.556 bits per heavy atom. The average molecular weight is 531 g/mol. The van der Waals surface area contributed by atoms with Crippen molar-refractivity contribution in [3.63, 3.8) is 0 Å². The third-order valence-electron chi connectivity index (χ3n) is 8.68. The lowest BCUT2D eigenvalue weighted by atomic mass is 9.84. The molecule has 8 nitrogen and oxygen atoms in total. The molecule has 0 N–H and O–H groups in total. The second-order valence-electron chi connectivity index (χ2n) is 11.6. The van der Waals surface area contributed by atoms with Crippen molar-refractivity contribution in [2.75, 3.05) is 0 Å². The Hall–Kier alpha value is -1.18. The molecule has 0 aliphatic carbocycles. The Balaban J connectivity index is 1.42. The van der Waals surface area contributed by atoms with E-state index in [1.807, 2.05) is 48.5 Å². The van der Waals surface area contributed by atoms with Gasteiger partial charge in [0, 0.05) is 20.9 Å². The first-order valence-electron chi connectivity index (χ1n) is 12.0. The molecule has 0 saturated carbocycles. The minimum atomic E-state index is -0.874. The van der Waals surface area contributed by atoms with Gasteiger partial charge >= 0.3 is 0 Å². The highest BCUT2D eigenvalue weighted by atomic mass is 33.1. The summed E-state index contributed by atoms with van der Waals surface area (Å²) in [6, 6.07) is 15.0. The summed E-state index contributed by atoms with van der Waals surface area (Å²) in [6.45, 7) is 14.4. The van der Waals surface area contributed by atoms with E-state index in [1.54, 1.807) is 77.0 Å². The highest BCUT2D eigenvalue weighted by Crippen LogP contribution is 2.50. The summed E-state index contributed by atoms with van der Waals surface area (Å²) in [4.78, 5) is 1.96. The van der Waals surface area contributed by atoms with Gasteiger partial charge in [0.15, 0.2) is 0 Å². The maximum absolute atomic E-state index is 12.9. The lowest BCUT2D eigenvalue weighted by molar-refractivity contribution is -0.232. The lowest BCUT2D eigenvalue weighted by Crippen LogP contribution is -2.51. The van der Waals surface area contributed by atoms with Crippen LogP contribution in [0.2, 0.25) is 0 Å². The fraction of sp³-hybridized carbons (Fsp3) is 0.538. The van der Waals surface area contributed by atoms with E-state index >= 15 is 0 Å². The molecule has 2 aliphatic heterocycles. The van der Waals surface area contributed by atoms with Crippen molar-refractivity contribution in [3.05, 3.63) is 70.1 Å². The first-order chi connectivity index (χ1) is 16.5. The van der Waals surface area contributed by atoms with Crippen molar-refractivity contribution in [1.29, 1.82) is 0 Å². The van der Waals surface area contributed by atoms with Gasteiger partial charge in [-0.2, -0.15) is 0 Å². The van der Waals surface area contributed by atoms with Gasteiger partial charge in [-0.25, -0.2) is 0 Å². The van der Waals surface area contributed by atoms with E-state index in [-0.39, 0.29) is 0 Å². The van der Waals surface area contributed by atoms with Gasteiger partial charge in [0.1, 0.15) is 12.3 Å². The Morgan fingerprint density at radius 2 is 0.833 bits per heavy atom. The zero-order valence-corrected chi connectivity index (χ0v) is 23.6. The van der Waals surface area contributed by atoms with Crippen LogP contribution in [-0.4, -0.2) is 42.4 Å². The minimum Gasteiger partial charge on any atom is -0.783 e. The molecular weight excluding hydrogens is 496 g/mol. The van der Waals surface area contributed by atoms with Gasteiger partial charge in [0.2, 0.25) is 0 Å². The van der Waals surface area contributed by atoms with Gasteiger partial charge in [0.05, 0.1) is 11.1 Å². The summed E-state index contributed by atoms with van der Waals surface area (Å²) in [6.07, 6.45) is -1.75. The van der Waals surface area contributed by atoms with Crippen LogP contribution in [0.4, 0.5) is 0 Å². The first-order valence-corrected chi connectivity index (χ1v) is 14.1. The molecule has 10 heteroatoms. The van der Waals surface area contributed by atoms with Crippen molar-refractivity contribution in [3.8, 4) is 0 Å². The Bertz CT molecular complexity index is 965. The molecule has 2 saturated heterocycles. The summed E-state index contributed by atoms with van der Waals surface area (Å²) in [7, 11) is 3.11. The van der Waals surface area contributed by atoms with Crippen LogP contribution in [0.1, 0.15) is 78.8 Å². The third-order valence-corrected chi connectivity index (χ3v) is 11.1. The van der Waals surface area contributed by atoms with Gasteiger partial charge in [-0.05, 0) is 90.8 Å². The fourth-order valence-electron chi connectivity index (χ4n) is 4.52. The summed E-state index contributed by atoms with van der Waals surface area (Å²) >= 11 is 0. The molecule has 2 aliphatic rings. The van der Waals surface area contributed by atoms with Crippen LogP contribution in [0.15, 0.2) is 58.3 Å². The predicted octanol–water partition coefficient (Wildman–Crippen LogP) is 6.52. The molecule has 0 aromatic heterocycles. The van der Waals surface area contributed by atoms with E-state index in [0.717, 1.165) is 30.0 Å². The molecule has 2 aromatic rings. The van der Waals surface area contributed by atoms with Crippen molar-refractivity contribution < 1.29 is 10.4 Å². The quantitative estimate of drug-likeness (QED) is 0.403. The van der Waals surface area contributed by atoms with E-state index in [1.165, 1.54) is 0 Å². The average Bonchev–Trinajstić information content (AvgIpc) is 3.02. The summed E-state index contributed by atoms with van der Waals surface area (Å²) < 4.78 is 0. The molecular formula is C26H34N4O4S2-2. The maximum atomic E-state index is 12.9. The monoisotopic (exact) mass is 530 g/mol. The maximum Gasteiger partial charge on any atom is 0.105 e. The topological polar surface area (TPSA) is 98.9 Å². The van der Waals surface area contributed by atoms with Crippen LogP contribution in [0.3, 0.4) is 0 Å². The smallest absolute Gasteiger partial charge is 0.105 e. The van der Waals surface area contributed by atoms with E-state index in [2.05, 4.69) is 0 Å². The Morgan fingerprint density at radius 3 is 1.06 bits per heavy atom. The van der Waals surface area contributed by atoms with E-state index in [0.29, 0.717) is 11.1 Å². The molecule has 2 heterocycles. The second-order valence-corrected chi connectivity index (χ2v) is 13.9. The standard InChI is InChI=1S/C26H34N4O4S2/c1-23(2)24(3,4)28(32)21(27(23)31)17-9-13-19(14-10-17)35-36-20-15-11-18(12-16-20)22-29(33)25(5,6)26(7,8)30(22)34/h9-16,21-22H,1-8H3/q-2. The van der Waals surface area contributed by atoms with Crippen LogP contribution >= 0.6 is 21.6 Å². The number of hydrogen-bond acceptors (Lipinski definition) is 8. The molecule has 0 bridgehead atoms. The number of nitrogens with zero attached hydrogens (tertiary/aromatic N) is 4. The zero-order chi connectivity index (χ0) is 26.8. The fourth-order valence-corrected chi connectivity index (χ4v) is 6.45. The van der Waals surface area contributed by atoms with Crippen molar-refractivity contribution >= 4 is 21.6 Å². The molecule has 4 rings (SSSR count). The molecule has 0 spiro atoms. The summed E-state index contributed by atoms with van der Waals surface area (Å²) in [5, 5.41) is 55.2. The second kappa shape index (κ2) is 9.23. The summed E-state index contributed by atoms with van der Waals surface area (Å²) in [5.41, 5.74) is -1.92. The van der Waals surface area contributed by atoms with Crippen molar-refractivity contribution in [2.45, 2.75) is 99.7 Å². The van der Waals surface area contributed by atoms with E-state index in [9.17, 15) is 20.8 Å². The number of benzene rings is 2. The molecule has 0 amide bonds. The number of rotatable bonds is 5. The molecule has 196 valence electrons. The SMILES string of the molecule is CC1(C)N([O])C(c2ccc(SSc3ccc(C4N([O])C(C)(C)C(C)(C)N4[O-])cc3)cc2)N([O-])C1(C)C. The van der Waals surface area contributed by atoms with Gasteiger partial charge in [-0.3, -0.25) is 0 Å². The molecule has 2 fully saturated rings. The first kappa shape index (κ1) is 27.8. The normalized spacial score (nSPS) is 28.1. The van der Waals surface area contributed by atoms with Crippen molar-refractivity contribution in [1.82, 2.24) is 20.3 Å². The molecule has 0 unspecified atom stereocenters. The predicted molar refractivity (Wildman–Crippen MR) is 142 cm³/mol. The molecule has 2 aromatic carbocycles. The zero-order valence-electron chi connectivity index (χ0n) is 22.0. The lowest BCUT2D eigenvalue weighted by Gasteiger charge is -2.44. The van der Waals surface area contributed by atoms with Crippen LogP contribution in [0, 0.1) is 10.4 Å². The molecule has 36 heavy (non-hydrogen) atoms.